The second-order valence-electron chi connectivity index (χ2n) is 2.71. The van der Waals surface area contributed by atoms with Crippen LogP contribution >= 0.6 is 24.4 Å². The van der Waals surface area contributed by atoms with Gasteiger partial charge in [0.1, 0.15) is 5.82 Å². The van der Waals surface area contributed by atoms with E-state index in [9.17, 15) is 4.39 Å². The number of unbranched alkanes of at least 4 members (excludes halogenated alkanes) is 1. The second-order valence-corrected chi connectivity index (χ2v) is 4.29. The maximum atomic E-state index is 13.1. The summed E-state index contributed by atoms with van der Waals surface area (Å²) in [6.07, 6.45) is 2.20. The van der Waals surface area contributed by atoms with Gasteiger partial charge < -0.3 is 0 Å². The summed E-state index contributed by atoms with van der Waals surface area (Å²) >= 11 is 5.70. The Kier molecular flexibility index (Phi) is 5.32. The van der Waals surface area contributed by atoms with Crippen LogP contribution in [0.3, 0.4) is 0 Å². The molecule has 0 aliphatic rings. The normalized spacial score (nSPS) is 10.3. The number of thiol groups is 1. The first-order valence-electron chi connectivity index (χ1n) is 4.33. The lowest BCUT2D eigenvalue weighted by Gasteiger charge is -2.01. The van der Waals surface area contributed by atoms with Crippen molar-refractivity contribution in [1.29, 1.82) is 0 Å². The molecule has 3 heteroatoms. The Bertz CT molecular complexity index is 250. The zero-order chi connectivity index (χ0) is 9.52. The molecule has 0 saturated heterocycles. The van der Waals surface area contributed by atoms with Gasteiger partial charge in [0.15, 0.2) is 0 Å². The summed E-state index contributed by atoms with van der Waals surface area (Å²) < 4.78 is 13.1. The van der Waals surface area contributed by atoms with Crippen molar-refractivity contribution < 1.29 is 4.39 Å². The minimum Gasteiger partial charge on any atom is -0.206 e. The number of hydrogen-bond donors (Lipinski definition) is 1. The van der Waals surface area contributed by atoms with Crippen LogP contribution < -0.4 is 0 Å². The molecule has 1 rings (SSSR count). The number of halogens is 1. The van der Waals surface area contributed by atoms with Crippen molar-refractivity contribution in [3.05, 3.63) is 30.1 Å². The molecule has 0 spiro atoms. The van der Waals surface area contributed by atoms with E-state index in [1.807, 2.05) is 12.1 Å². The molecular formula is C10H13FS2. The summed E-state index contributed by atoms with van der Waals surface area (Å²) in [6, 6.07) is 6.90. The van der Waals surface area contributed by atoms with Gasteiger partial charge in [0.05, 0.1) is 0 Å². The first kappa shape index (κ1) is 10.9. The number of rotatable bonds is 5. The fourth-order valence-electron chi connectivity index (χ4n) is 0.958. The number of hydrogen-bond acceptors (Lipinski definition) is 2. The van der Waals surface area contributed by atoms with E-state index in [2.05, 4.69) is 12.6 Å². The predicted molar refractivity (Wildman–Crippen MR) is 60.2 cm³/mol. The van der Waals surface area contributed by atoms with Gasteiger partial charge >= 0.3 is 0 Å². The minimum absolute atomic E-state index is 0.113. The molecule has 0 aliphatic carbocycles. The number of benzene rings is 1. The van der Waals surface area contributed by atoms with Crippen LogP contribution in [0.15, 0.2) is 29.2 Å². The Balaban J connectivity index is 2.32. The van der Waals surface area contributed by atoms with Crippen molar-refractivity contribution in [3.8, 4) is 0 Å². The second kappa shape index (κ2) is 6.33. The molecule has 0 atom stereocenters. The first-order valence-corrected chi connectivity index (χ1v) is 5.94. The largest absolute Gasteiger partial charge is 0.206 e. The zero-order valence-electron chi connectivity index (χ0n) is 7.37. The van der Waals surface area contributed by atoms with Gasteiger partial charge in [-0.3, -0.25) is 0 Å². The van der Waals surface area contributed by atoms with Crippen molar-refractivity contribution in [2.24, 2.45) is 0 Å². The van der Waals surface area contributed by atoms with Gasteiger partial charge in [-0.15, -0.1) is 11.8 Å². The summed E-state index contributed by atoms with van der Waals surface area (Å²) in [5.74, 6) is 1.78. The molecule has 0 unspecified atom stereocenters. The van der Waals surface area contributed by atoms with Crippen molar-refractivity contribution in [2.75, 3.05) is 11.5 Å². The van der Waals surface area contributed by atoms with Gasteiger partial charge in [-0.1, -0.05) is 12.1 Å². The predicted octanol–water partition coefficient (Wildman–Crippen LogP) is 3.63. The van der Waals surface area contributed by atoms with Crippen LogP contribution in [0.5, 0.6) is 0 Å². The van der Waals surface area contributed by atoms with E-state index in [1.54, 1.807) is 17.8 Å². The summed E-state index contributed by atoms with van der Waals surface area (Å²) in [5, 5.41) is 0. The fraction of sp³-hybridized carbons (Fsp3) is 0.400. The highest BCUT2D eigenvalue weighted by Gasteiger charge is 1.99. The van der Waals surface area contributed by atoms with E-state index in [0.717, 1.165) is 29.2 Å². The minimum atomic E-state index is -0.113. The lowest BCUT2D eigenvalue weighted by Crippen LogP contribution is -1.84. The van der Waals surface area contributed by atoms with E-state index in [1.165, 1.54) is 6.07 Å². The van der Waals surface area contributed by atoms with Crippen molar-refractivity contribution in [3.63, 3.8) is 0 Å². The standard InChI is InChI=1S/C10H13FS2/c11-9-5-1-2-6-10(9)13-8-4-3-7-12/h1-2,5-6,12H,3-4,7-8H2. The van der Waals surface area contributed by atoms with Crippen LogP contribution in [0.4, 0.5) is 4.39 Å². The summed E-state index contributed by atoms with van der Waals surface area (Å²) in [7, 11) is 0. The molecular weight excluding hydrogens is 203 g/mol. The van der Waals surface area contributed by atoms with Crippen molar-refractivity contribution >= 4 is 24.4 Å². The Morgan fingerprint density at radius 1 is 1.23 bits per heavy atom. The molecule has 1 aromatic rings. The molecule has 1 aromatic carbocycles. The van der Waals surface area contributed by atoms with Crippen LogP contribution in [0.1, 0.15) is 12.8 Å². The van der Waals surface area contributed by atoms with Crippen LogP contribution in [0, 0.1) is 5.82 Å². The third-order valence-corrected chi connectivity index (χ3v) is 3.10. The lowest BCUT2D eigenvalue weighted by molar-refractivity contribution is 0.602. The van der Waals surface area contributed by atoms with Crippen LogP contribution in [0.25, 0.3) is 0 Å². The Hall–Kier alpha value is -0.150. The smallest absolute Gasteiger partial charge is 0.136 e. The zero-order valence-corrected chi connectivity index (χ0v) is 9.08. The maximum Gasteiger partial charge on any atom is 0.136 e. The molecule has 0 heterocycles. The monoisotopic (exact) mass is 216 g/mol. The summed E-state index contributed by atoms with van der Waals surface area (Å²) in [4.78, 5) is 0.752. The van der Waals surface area contributed by atoms with Crippen molar-refractivity contribution in [1.82, 2.24) is 0 Å². The van der Waals surface area contributed by atoms with E-state index < -0.39 is 0 Å². The van der Waals surface area contributed by atoms with Crippen LogP contribution in [-0.2, 0) is 0 Å². The summed E-state index contributed by atoms with van der Waals surface area (Å²) in [6.45, 7) is 0. The molecule has 0 amide bonds. The van der Waals surface area contributed by atoms with Crippen molar-refractivity contribution in [2.45, 2.75) is 17.7 Å². The highest BCUT2D eigenvalue weighted by atomic mass is 32.2. The van der Waals surface area contributed by atoms with E-state index >= 15 is 0 Å². The van der Waals surface area contributed by atoms with Gasteiger partial charge in [0.25, 0.3) is 0 Å². The summed E-state index contributed by atoms with van der Waals surface area (Å²) in [5.41, 5.74) is 0. The maximum absolute atomic E-state index is 13.1. The third kappa shape index (κ3) is 4.05. The lowest BCUT2D eigenvalue weighted by atomic mass is 10.3. The number of thioether (sulfide) groups is 1. The molecule has 0 radical (unpaired) electrons. The topological polar surface area (TPSA) is 0 Å². The molecule has 0 bridgehead atoms. The molecule has 72 valence electrons. The average molecular weight is 216 g/mol. The molecule has 0 nitrogen and oxygen atoms in total. The van der Waals surface area contributed by atoms with Crippen LogP contribution in [-0.4, -0.2) is 11.5 Å². The van der Waals surface area contributed by atoms with Gasteiger partial charge in [-0.2, -0.15) is 12.6 Å². The quantitative estimate of drug-likeness (QED) is 0.445. The SMILES string of the molecule is Fc1ccccc1SCCCCS. The first-order chi connectivity index (χ1) is 6.34. The van der Waals surface area contributed by atoms with Gasteiger partial charge in [-0.05, 0) is 36.5 Å². The van der Waals surface area contributed by atoms with E-state index in [-0.39, 0.29) is 5.82 Å². The van der Waals surface area contributed by atoms with E-state index in [4.69, 9.17) is 0 Å². The molecule has 13 heavy (non-hydrogen) atoms. The Morgan fingerprint density at radius 3 is 2.69 bits per heavy atom. The molecule has 0 fully saturated rings. The molecule has 0 N–H and O–H groups in total. The van der Waals surface area contributed by atoms with Gasteiger partial charge in [-0.25, -0.2) is 4.39 Å². The third-order valence-electron chi connectivity index (χ3n) is 1.65. The average Bonchev–Trinajstić information content (AvgIpc) is 2.15. The molecule has 0 saturated carbocycles. The van der Waals surface area contributed by atoms with Gasteiger partial charge in [0, 0.05) is 4.90 Å². The Morgan fingerprint density at radius 2 is 2.00 bits per heavy atom. The highest BCUT2D eigenvalue weighted by molar-refractivity contribution is 7.99. The molecule has 0 aliphatic heterocycles. The molecule has 0 aromatic heterocycles. The Labute approximate surface area is 88.3 Å². The van der Waals surface area contributed by atoms with Crippen LogP contribution in [0.2, 0.25) is 0 Å². The van der Waals surface area contributed by atoms with Gasteiger partial charge in [0.2, 0.25) is 0 Å². The van der Waals surface area contributed by atoms with E-state index in [0.29, 0.717) is 0 Å². The highest BCUT2D eigenvalue weighted by Crippen LogP contribution is 2.22. The fourth-order valence-corrected chi connectivity index (χ4v) is 2.13.